The van der Waals surface area contributed by atoms with Gasteiger partial charge in [0.1, 0.15) is 11.8 Å². The maximum atomic E-state index is 13.1. The Morgan fingerprint density at radius 3 is 2.45 bits per heavy atom. The van der Waals surface area contributed by atoms with Crippen molar-refractivity contribution in [2.24, 2.45) is 0 Å². The molecule has 2 aromatic rings. The number of hydrogen-bond acceptors (Lipinski definition) is 3. The molecule has 1 N–H and O–H groups in total. The summed E-state index contributed by atoms with van der Waals surface area (Å²) < 4.78 is 5.66. The molecule has 1 aliphatic rings. The molecular weight excluding hydrogens is 412 g/mol. The molecule has 0 aromatic heterocycles. The van der Waals surface area contributed by atoms with Gasteiger partial charge in [0.05, 0.1) is 5.02 Å². The molecule has 0 aliphatic heterocycles. The van der Waals surface area contributed by atoms with Crippen molar-refractivity contribution in [3.8, 4) is 5.75 Å². The maximum Gasteiger partial charge on any atom is 0.261 e. The van der Waals surface area contributed by atoms with E-state index in [1.54, 1.807) is 36.1 Å². The Labute approximate surface area is 189 Å². The van der Waals surface area contributed by atoms with Gasteiger partial charge in [0, 0.05) is 12.6 Å². The van der Waals surface area contributed by atoms with Crippen LogP contribution >= 0.6 is 11.6 Å². The van der Waals surface area contributed by atoms with Gasteiger partial charge in [-0.25, -0.2) is 0 Å². The second-order valence-corrected chi connectivity index (χ2v) is 8.65. The number of benzene rings is 2. The van der Waals surface area contributed by atoms with Crippen molar-refractivity contribution in [2.45, 2.75) is 64.6 Å². The highest BCUT2D eigenvalue weighted by Gasteiger charge is 2.28. The molecule has 0 radical (unpaired) electrons. The van der Waals surface area contributed by atoms with Crippen LogP contribution in [0, 0.1) is 6.92 Å². The molecule has 0 bridgehead atoms. The Morgan fingerprint density at radius 2 is 1.77 bits per heavy atom. The van der Waals surface area contributed by atoms with Gasteiger partial charge in [-0.05, 0) is 44.4 Å². The Balaban J connectivity index is 1.70. The largest absolute Gasteiger partial charge is 0.482 e. The molecule has 0 spiro atoms. The molecule has 5 nitrogen and oxygen atoms in total. The van der Waals surface area contributed by atoms with Crippen LogP contribution in [0.3, 0.4) is 0 Å². The summed E-state index contributed by atoms with van der Waals surface area (Å²) in [6.07, 6.45) is 5.49. The first kappa shape index (κ1) is 23.1. The highest BCUT2D eigenvalue weighted by atomic mass is 35.5. The predicted octanol–water partition coefficient (Wildman–Crippen LogP) is 4.89. The Morgan fingerprint density at radius 1 is 1.10 bits per heavy atom. The van der Waals surface area contributed by atoms with Gasteiger partial charge in [-0.1, -0.05) is 72.8 Å². The van der Waals surface area contributed by atoms with Crippen LogP contribution in [-0.2, 0) is 16.1 Å². The van der Waals surface area contributed by atoms with Crippen molar-refractivity contribution >= 4 is 23.4 Å². The molecular formula is C25H31ClN2O3. The van der Waals surface area contributed by atoms with Crippen LogP contribution in [0.1, 0.15) is 50.2 Å². The number of halogens is 1. The number of carbonyl (C=O) groups excluding carboxylic acids is 2. The molecule has 2 amide bonds. The average Bonchev–Trinajstić information content (AvgIpc) is 2.78. The number of para-hydroxylation sites is 1. The van der Waals surface area contributed by atoms with Gasteiger partial charge >= 0.3 is 0 Å². The quantitative estimate of drug-likeness (QED) is 0.633. The fraction of sp³-hybridized carbons (Fsp3) is 0.440. The van der Waals surface area contributed by atoms with Crippen LogP contribution in [-0.4, -0.2) is 35.4 Å². The van der Waals surface area contributed by atoms with Gasteiger partial charge in [0.15, 0.2) is 6.61 Å². The lowest BCUT2D eigenvalue weighted by Crippen LogP contribution is -2.51. The number of nitrogens with one attached hydrogen (secondary N) is 1. The van der Waals surface area contributed by atoms with Gasteiger partial charge < -0.3 is 15.0 Å². The average molecular weight is 443 g/mol. The first-order valence-electron chi connectivity index (χ1n) is 11.0. The molecule has 1 fully saturated rings. The number of carbonyl (C=O) groups is 2. The van der Waals surface area contributed by atoms with Crippen molar-refractivity contribution in [1.82, 2.24) is 10.2 Å². The van der Waals surface area contributed by atoms with Crippen LogP contribution in [0.25, 0.3) is 0 Å². The highest BCUT2D eigenvalue weighted by Crippen LogP contribution is 2.23. The number of rotatable bonds is 8. The van der Waals surface area contributed by atoms with Crippen LogP contribution in [0.15, 0.2) is 48.5 Å². The van der Waals surface area contributed by atoms with E-state index in [1.807, 2.05) is 31.2 Å². The lowest BCUT2D eigenvalue weighted by Gasteiger charge is -2.31. The molecule has 31 heavy (non-hydrogen) atoms. The van der Waals surface area contributed by atoms with Gasteiger partial charge in [0.25, 0.3) is 5.91 Å². The first-order valence-corrected chi connectivity index (χ1v) is 11.3. The number of ether oxygens (including phenoxy) is 1. The monoisotopic (exact) mass is 442 g/mol. The summed E-state index contributed by atoms with van der Waals surface area (Å²) in [4.78, 5) is 27.7. The summed E-state index contributed by atoms with van der Waals surface area (Å²) in [5.41, 5.74) is 2.11. The van der Waals surface area contributed by atoms with E-state index in [-0.39, 0.29) is 24.5 Å². The third kappa shape index (κ3) is 6.73. The second-order valence-electron chi connectivity index (χ2n) is 8.25. The summed E-state index contributed by atoms with van der Waals surface area (Å²) in [7, 11) is 0. The van der Waals surface area contributed by atoms with E-state index in [4.69, 9.17) is 16.3 Å². The molecule has 166 valence electrons. The SMILES string of the molecule is Cc1ccc(CN(C(=O)COc2ccccc2Cl)C(C)C(=O)NC2CCCCC2)cc1. The molecule has 1 saturated carbocycles. The van der Waals surface area contributed by atoms with Crippen LogP contribution < -0.4 is 10.1 Å². The minimum Gasteiger partial charge on any atom is -0.482 e. The first-order chi connectivity index (χ1) is 14.9. The van der Waals surface area contributed by atoms with Crippen molar-refractivity contribution in [2.75, 3.05) is 6.61 Å². The third-order valence-corrected chi connectivity index (χ3v) is 6.09. The molecule has 1 aliphatic carbocycles. The van der Waals surface area contributed by atoms with E-state index in [0.29, 0.717) is 17.3 Å². The minimum absolute atomic E-state index is 0.120. The molecule has 1 atom stereocenters. The fourth-order valence-corrected chi connectivity index (χ4v) is 4.02. The molecule has 6 heteroatoms. The van der Waals surface area contributed by atoms with Crippen molar-refractivity contribution in [1.29, 1.82) is 0 Å². The zero-order valence-electron chi connectivity index (χ0n) is 18.3. The molecule has 2 aromatic carbocycles. The zero-order valence-corrected chi connectivity index (χ0v) is 19.0. The second kappa shape index (κ2) is 11.2. The number of aryl methyl sites for hydroxylation is 1. The smallest absolute Gasteiger partial charge is 0.261 e. The van der Waals surface area contributed by atoms with Crippen LogP contribution in [0.4, 0.5) is 0 Å². The highest BCUT2D eigenvalue weighted by molar-refractivity contribution is 6.32. The summed E-state index contributed by atoms with van der Waals surface area (Å²) in [6, 6.07) is 14.6. The van der Waals surface area contributed by atoms with Crippen molar-refractivity contribution in [3.63, 3.8) is 0 Å². The van der Waals surface area contributed by atoms with Gasteiger partial charge in [0.2, 0.25) is 5.91 Å². The van der Waals surface area contributed by atoms with Crippen LogP contribution in [0.5, 0.6) is 5.75 Å². The number of amides is 2. The van der Waals surface area contributed by atoms with Crippen molar-refractivity contribution in [3.05, 3.63) is 64.7 Å². The lowest BCUT2D eigenvalue weighted by atomic mass is 9.95. The van der Waals surface area contributed by atoms with E-state index in [1.165, 1.54) is 6.42 Å². The molecule has 0 heterocycles. The fourth-order valence-electron chi connectivity index (χ4n) is 3.83. The van der Waals surface area contributed by atoms with Crippen LogP contribution in [0.2, 0.25) is 5.02 Å². The minimum atomic E-state index is -0.606. The van der Waals surface area contributed by atoms with E-state index in [9.17, 15) is 9.59 Å². The standard InChI is InChI=1S/C25H31ClN2O3/c1-18-12-14-20(15-13-18)16-28(19(2)25(30)27-21-8-4-3-5-9-21)24(29)17-31-23-11-7-6-10-22(23)26/h6-7,10-15,19,21H,3-5,8-9,16-17H2,1-2H3,(H,27,30). The molecule has 3 rings (SSSR count). The van der Waals surface area contributed by atoms with E-state index in [0.717, 1.165) is 36.8 Å². The Kier molecular flexibility index (Phi) is 8.35. The maximum absolute atomic E-state index is 13.1. The lowest BCUT2D eigenvalue weighted by molar-refractivity contribution is -0.142. The third-order valence-electron chi connectivity index (χ3n) is 5.78. The number of nitrogens with zero attached hydrogens (tertiary/aromatic N) is 1. The van der Waals surface area contributed by atoms with E-state index in [2.05, 4.69) is 5.32 Å². The van der Waals surface area contributed by atoms with Crippen molar-refractivity contribution < 1.29 is 14.3 Å². The summed E-state index contributed by atoms with van der Waals surface area (Å²) in [5, 5.41) is 3.58. The molecule has 1 unspecified atom stereocenters. The summed E-state index contributed by atoms with van der Waals surface area (Å²) in [6.45, 7) is 3.95. The van der Waals surface area contributed by atoms with Gasteiger partial charge in [-0.3, -0.25) is 9.59 Å². The van der Waals surface area contributed by atoms with E-state index < -0.39 is 6.04 Å². The van der Waals surface area contributed by atoms with Gasteiger partial charge in [-0.15, -0.1) is 0 Å². The zero-order chi connectivity index (χ0) is 22.2. The summed E-state index contributed by atoms with van der Waals surface area (Å²) in [5.74, 6) is 0.0732. The predicted molar refractivity (Wildman–Crippen MR) is 123 cm³/mol. The summed E-state index contributed by atoms with van der Waals surface area (Å²) >= 11 is 6.14. The van der Waals surface area contributed by atoms with E-state index >= 15 is 0 Å². The normalized spacial score (nSPS) is 15.2. The molecule has 0 saturated heterocycles. The number of hydrogen-bond donors (Lipinski definition) is 1. The Hall–Kier alpha value is -2.53. The topological polar surface area (TPSA) is 58.6 Å². The van der Waals surface area contributed by atoms with Gasteiger partial charge in [-0.2, -0.15) is 0 Å². The Bertz CT molecular complexity index is 879.